The Balaban J connectivity index is 1.33. The number of Topliss-reactive ketones (excluding diaryl/α,β-unsaturated/α-hetero) is 1. The molecule has 0 aromatic carbocycles. The second kappa shape index (κ2) is 7.58. The zero-order valence-corrected chi connectivity index (χ0v) is 15.6. The van der Waals surface area contributed by atoms with Crippen molar-refractivity contribution in [3.05, 3.63) is 51.5 Å². The molecule has 1 unspecified atom stereocenters. The second-order valence-electron chi connectivity index (χ2n) is 7.09. The van der Waals surface area contributed by atoms with E-state index >= 15 is 0 Å². The van der Waals surface area contributed by atoms with Gasteiger partial charge in [0, 0.05) is 37.4 Å². The van der Waals surface area contributed by atoms with Crippen molar-refractivity contribution in [3.8, 4) is 0 Å². The molecule has 2 aromatic rings. The first kappa shape index (κ1) is 17.2. The number of carbonyl (C=O) groups excluding carboxylic acids is 2. The molecule has 136 valence electrons. The first-order valence-electron chi connectivity index (χ1n) is 9.28. The van der Waals surface area contributed by atoms with E-state index in [0.717, 1.165) is 36.1 Å². The fourth-order valence-corrected chi connectivity index (χ4v) is 4.60. The molecule has 0 spiro atoms. The van der Waals surface area contributed by atoms with Crippen molar-refractivity contribution >= 4 is 23.2 Å². The van der Waals surface area contributed by atoms with Gasteiger partial charge in [0.05, 0.1) is 4.88 Å². The number of piperidine rings is 1. The van der Waals surface area contributed by atoms with E-state index < -0.39 is 0 Å². The lowest BCUT2D eigenvalue weighted by molar-refractivity contribution is 0.0850. The highest BCUT2D eigenvalue weighted by molar-refractivity contribution is 7.12. The van der Waals surface area contributed by atoms with Crippen LogP contribution in [0.3, 0.4) is 0 Å². The second-order valence-corrected chi connectivity index (χ2v) is 8.04. The molecule has 1 aliphatic carbocycles. The molecule has 2 amide bonds. The van der Waals surface area contributed by atoms with Gasteiger partial charge in [-0.25, -0.2) is 4.79 Å². The van der Waals surface area contributed by atoms with Crippen LogP contribution in [0.1, 0.15) is 45.8 Å². The van der Waals surface area contributed by atoms with Gasteiger partial charge in [-0.3, -0.25) is 9.78 Å². The molecular formula is C20H23N3O2S. The average Bonchev–Trinajstić information content (AvgIpc) is 3.36. The smallest absolute Gasteiger partial charge is 0.317 e. The summed E-state index contributed by atoms with van der Waals surface area (Å²) in [4.78, 5) is 32.2. The van der Waals surface area contributed by atoms with Crippen LogP contribution in [-0.4, -0.2) is 34.8 Å². The van der Waals surface area contributed by atoms with E-state index in [2.05, 4.69) is 16.4 Å². The van der Waals surface area contributed by atoms with Crippen LogP contribution >= 0.6 is 11.3 Å². The number of nitrogens with one attached hydrogen (secondary N) is 1. The van der Waals surface area contributed by atoms with Crippen molar-refractivity contribution in [2.45, 2.75) is 38.6 Å². The van der Waals surface area contributed by atoms with Gasteiger partial charge in [-0.15, -0.1) is 11.3 Å². The Morgan fingerprint density at radius 3 is 3.08 bits per heavy atom. The molecule has 1 saturated heterocycles. The van der Waals surface area contributed by atoms with E-state index in [1.54, 1.807) is 4.90 Å². The summed E-state index contributed by atoms with van der Waals surface area (Å²) in [6.45, 7) is 1.70. The molecule has 3 heterocycles. The van der Waals surface area contributed by atoms with Crippen LogP contribution in [-0.2, 0) is 19.4 Å². The summed E-state index contributed by atoms with van der Waals surface area (Å²) >= 11 is 1.48. The number of thiophene rings is 1. The molecule has 2 aromatic heterocycles. The lowest BCUT2D eigenvalue weighted by Crippen LogP contribution is -2.46. The van der Waals surface area contributed by atoms with Gasteiger partial charge in [-0.1, -0.05) is 12.1 Å². The van der Waals surface area contributed by atoms with Crippen LogP contribution in [0.2, 0.25) is 0 Å². The molecule has 4 rings (SSSR count). The summed E-state index contributed by atoms with van der Waals surface area (Å²) < 4.78 is 0. The zero-order chi connectivity index (χ0) is 17.9. The fraction of sp³-hybridized carbons (Fsp3) is 0.450. The Labute approximate surface area is 157 Å². The monoisotopic (exact) mass is 369 g/mol. The number of fused-ring (bicyclic) bond motifs is 1. The summed E-state index contributed by atoms with van der Waals surface area (Å²) in [5, 5.41) is 4.91. The molecule has 0 radical (unpaired) electrons. The zero-order valence-electron chi connectivity index (χ0n) is 14.7. The Morgan fingerprint density at radius 2 is 2.23 bits per heavy atom. The highest BCUT2D eigenvalue weighted by Crippen LogP contribution is 2.23. The van der Waals surface area contributed by atoms with Gasteiger partial charge in [-0.05, 0) is 54.7 Å². The predicted molar refractivity (Wildman–Crippen MR) is 101 cm³/mol. The number of ketones is 1. The van der Waals surface area contributed by atoms with Gasteiger partial charge in [0.15, 0.2) is 5.78 Å². The van der Waals surface area contributed by atoms with Crippen molar-refractivity contribution < 1.29 is 9.59 Å². The first-order valence-corrected chi connectivity index (χ1v) is 10.2. The number of hydrogen-bond acceptors (Lipinski definition) is 4. The van der Waals surface area contributed by atoms with E-state index in [1.165, 1.54) is 29.0 Å². The van der Waals surface area contributed by atoms with E-state index in [4.69, 9.17) is 0 Å². The normalized spacial score (nSPS) is 19.2. The van der Waals surface area contributed by atoms with E-state index in [-0.39, 0.29) is 17.7 Å². The highest BCUT2D eigenvalue weighted by atomic mass is 32.1. The number of urea groups is 1. The fourth-order valence-electron chi connectivity index (χ4n) is 3.86. The van der Waals surface area contributed by atoms with Crippen LogP contribution in [0, 0.1) is 5.92 Å². The third kappa shape index (κ3) is 3.65. The molecule has 26 heavy (non-hydrogen) atoms. The standard InChI is InChI=1S/C20H23N3O2S/c24-19(18-7-3-9-26-18)16-5-2-8-23(13-16)20(25)22-12-14-10-15-4-1-6-17(15)21-11-14/h3,7,9-11,16H,1-2,4-6,8,12-13H2,(H,22,25). The van der Waals surface area contributed by atoms with Crippen molar-refractivity contribution in [1.82, 2.24) is 15.2 Å². The number of likely N-dealkylation sites (tertiary alicyclic amines) is 1. The third-order valence-corrected chi connectivity index (χ3v) is 6.15. The minimum absolute atomic E-state index is 0.0881. The number of nitrogens with zero attached hydrogens (tertiary/aromatic N) is 2. The summed E-state index contributed by atoms with van der Waals surface area (Å²) in [6, 6.07) is 5.84. The van der Waals surface area contributed by atoms with Gasteiger partial charge < -0.3 is 10.2 Å². The van der Waals surface area contributed by atoms with Crippen LogP contribution in [0.4, 0.5) is 4.79 Å². The van der Waals surface area contributed by atoms with E-state index in [0.29, 0.717) is 19.6 Å². The van der Waals surface area contributed by atoms with Gasteiger partial charge in [0.25, 0.3) is 0 Å². The molecule has 0 bridgehead atoms. The molecule has 0 saturated carbocycles. The molecule has 1 N–H and O–H groups in total. The van der Waals surface area contributed by atoms with Crippen molar-refractivity contribution in [2.75, 3.05) is 13.1 Å². The molecule has 5 nitrogen and oxygen atoms in total. The number of aromatic nitrogens is 1. The van der Waals surface area contributed by atoms with Crippen LogP contribution in [0.15, 0.2) is 29.8 Å². The number of carbonyl (C=O) groups is 2. The number of aryl methyl sites for hydroxylation is 2. The highest BCUT2D eigenvalue weighted by Gasteiger charge is 2.29. The lowest BCUT2D eigenvalue weighted by Gasteiger charge is -2.31. The number of hydrogen-bond donors (Lipinski definition) is 1. The van der Waals surface area contributed by atoms with Crippen LogP contribution < -0.4 is 5.32 Å². The molecular weight excluding hydrogens is 346 g/mol. The van der Waals surface area contributed by atoms with Crippen molar-refractivity contribution in [3.63, 3.8) is 0 Å². The maximum Gasteiger partial charge on any atom is 0.317 e. The van der Waals surface area contributed by atoms with Crippen LogP contribution in [0.5, 0.6) is 0 Å². The molecule has 1 aliphatic heterocycles. The van der Waals surface area contributed by atoms with Gasteiger partial charge in [0.2, 0.25) is 0 Å². The largest absolute Gasteiger partial charge is 0.334 e. The SMILES string of the molecule is O=C(c1cccs1)C1CCCN(C(=O)NCc2cnc3c(c2)CCC3)C1. The molecule has 1 atom stereocenters. The van der Waals surface area contributed by atoms with Gasteiger partial charge in [-0.2, -0.15) is 0 Å². The number of rotatable bonds is 4. The number of amides is 2. The Kier molecular flexibility index (Phi) is 5.02. The maximum absolute atomic E-state index is 12.6. The summed E-state index contributed by atoms with van der Waals surface area (Å²) in [5.41, 5.74) is 3.56. The molecule has 6 heteroatoms. The van der Waals surface area contributed by atoms with Crippen molar-refractivity contribution in [1.29, 1.82) is 0 Å². The predicted octanol–water partition coefficient (Wildman–Crippen LogP) is 3.44. The molecule has 1 fully saturated rings. The Bertz CT molecular complexity index is 803. The molecule has 2 aliphatic rings. The van der Waals surface area contributed by atoms with E-state index in [9.17, 15) is 9.59 Å². The van der Waals surface area contributed by atoms with Gasteiger partial charge in [0.1, 0.15) is 0 Å². The first-order chi connectivity index (χ1) is 12.7. The Hall–Kier alpha value is -2.21. The number of pyridine rings is 1. The topological polar surface area (TPSA) is 62.3 Å². The lowest BCUT2D eigenvalue weighted by atomic mass is 9.93. The third-order valence-electron chi connectivity index (χ3n) is 5.26. The summed E-state index contributed by atoms with van der Waals surface area (Å²) in [6.07, 6.45) is 6.92. The minimum atomic E-state index is -0.0887. The maximum atomic E-state index is 12.6. The van der Waals surface area contributed by atoms with Crippen molar-refractivity contribution in [2.24, 2.45) is 5.92 Å². The minimum Gasteiger partial charge on any atom is -0.334 e. The quantitative estimate of drug-likeness (QED) is 0.840. The summed E-state index contributed by atoms with van der Waals surface area (Å²) in [7, 11) is 0. The van der Waals surface area contributed by atoms with Crippen LogP contribution in [0.25, 0.3) is 0 Å². The van der Waals surface area contributed by atoms with E-state index in [1.807, 2.05) is 23.7 Å². The Morgan fingerprint density at radius 1 is 1.31 bits per heavy atom. The summed E-state index contributed by atoms with van der Waals surface area (Å²) in [5.74, 6) is 0.0788. The van der Waals surface area contributed by atoms with Gasteiger partial charge >= 0.3 is 6.03 Å². The average molecular weight is 369 g/mol.